The zero-order valence-electron chi connectivity index (χ0n) is 17.8. The normalized spacial score (nSPS) is 11.1. The fourth-order valence-corrected chi connectivity index (χ4v) is 3.93. The molecule has 0 aliphatic rings. The molecule has 0 saturated heterocycles. The van der Waals surface area contributed by atoms with E-state index < -0.39 is 5.91 Å². The molecule has 8 nitrogen and oxygen atoms in total. The SMILES string of the molecule is Cc1cc(C)nc(SCC(=O)N/N=C\c2cc(C)n(-c3ccc(C(N)=O)cc3)c2C)n1. The Hall–Kier alpha value is -3.46. The number of thioether (sulfide) groups is 1. The van der Waals surface area contributed by atoms with Gasteiger partial charge >= 0.3 is 0 Å². The van der Waals surface area contributed by atoms with Crippen LogP contribution in [0, 0.1) is 27.7 Å². The number of carbonyl (C=O) groups excluding carboxylic acids is 2. The number of hydrogen-bond donors (Lipinski definition) is 2. The van der Waals surface area contributed by atoms with Crippen molar-refractivity contribution in [1.82, 2.24) is 20.0 Å². The van der Waals surface area contributed by atoms with Gasteiger partial charge in [0.05, 0.1) is 12.0 Å². The first kappa shape index (κ1) is 22.2. The number of hydrogen-bond acceptors (Lipinski definition) is 6. The monoisotopic (exact) mass is 436 g/mol. The lowest BCUT2D eigenvalue weighted by Gasteiger charge is -2.10. The predicted molar refractivity (Wildman–Crippen MR) is 122 cm³/mol. The van der Waals surface area contributed by atoms with Gasteiger partial charge in [-0.3, -0.25) is 9.59 Å². The Bertz CT molecular complexity index is 1130. The molecular formula is C22H24N6O2S. The highest BCUT2D eigenvalue weighted by atomic mass is 32.2. The van der Waals surface area contributed by atoms with E-state index in [9.17, 15) is 9.59 Å². The average molecular weight is 437 g/mol. The Labute approximate surface area is 185 Å². The van der Waals surface area contributed by atoms with Gasteiger partial charge in [0.1, 0.15) is 0 Å². The minimum Gasteiger partial charge on any atom is -0.366 e. The standard InChI is InChI=1S/C22H24N6O2S/c1-13-9-14(2)26-22(25-13)31-12-20(29)27-24-11-18-10-15(3)28(16(18)4)19-7-5-17(6-8-19)21(23)30/h5-11H,12H2,1-4H3,(H2,23,30)(H,27,29)/b24-11-. The molecule has 0 atom stereocenters. The lowest BCUT2D eigenvalue weighted by molar-refractivity contribution is -0.118. The van der Waals surface area contributed by atoms with Crippen LogP contribution in [-0.2, 0) is 4.79 Å². The molecule has 3 N–H and O–H groups in total. The summed E-state index contributed by atoms with van der Waals surface area (Å²) >= 11 is 1.27. The van der Waals surface area contributed by atoms with Crippen LogP contribution in [0.2, 0.25) is 0 Å². The van der Waals surface area contributed by atoms with Crippen molar-refractivity contribution in [3.63, 3.8) is 0 Å². The highest BCUT2D eigenvalue weighted by Crippen LogP contribution is 2.20. The van der Waals surface area contributed by atoms with Crippen LogP contribution in [0.15, 0.2) is 46.7 Å². The number of benzene rings is 1. The predicted octanol–water partition coefficient (Wildman–Crippen LogP) is 2.84. The van der Waals surface area contributed by atoms with Gasteiger partial charge in [0.15, 0.2) is 5.16 Å². The van der Waals surface area contributed by atoms with Gasteiger partial charge in [-0.1, -0.05) is 11.8 Å². The van der Waals surface area contributed by atoms with E-state index in [-0.39, 0.29) is 11.7 Å². The van der Waals surface area contributed by atoms with E-state index in [1.165, 1.54) is 11.8 Å². The maximum Gasteiger partial charge on any atom is 0.250 e. The smallest absolute Gasteiger partial charge is 0.250 e. The van der Waals surface area contributed by atoms with Gasteiger partial charge in [-0.25, -0.2) is 15.4 Å². The Kier molecular flexibility index (Phi) is 6.86. The molecule has 0 fully saturated rings. The van der Waals surface area contributed by atoms with Crippen LogP contribution >= 0.6 is 11.8 Å². The van der Waals surface area contributed by atoms with E-state index in [1.54, 1.807) is 18.3 Å². The Balaban J connectivity index is 1.64. The molecule has 0 bridgehead atoms. The van der Waals surface area contributed by atoms with Gasteiger partial charge < -0.3 is 10.3 Å². The molecule has 2 heterocycles. The maximum atomic E-state index is 12.1. The molecule has 0 unspecified atom stereocenters. The maximum absolute atomic E-state index is 12.1. The molecular weight excluding hydrogens is 412 g/mol. The molecule has 3 aromatic rings. The van der Waals surface area contributed by atoms with Crippen molar-refractivity contribution in [2.45, 2.75) is 32.9 Å². The zero-order valence-corrected chi connectivity index (χ0v) is 18.7. The Morgan fingerprint density at radius 2 is 1.74 bits per heavy atom. The Morgan fingerprint density at radius 1 is 1.10 bits per heavy atom. The Morgan fingerprint density at radius 3 is 2.35 bits per heavy atom. The number of primary amides is 1. The first-order valence-electron chi connectivity index (χ1n) is 9.61. The van der Waals surface area contributed by atoms with Crippen molar-refractivity contribution in [2.24, 2.45) is 10.8 Å². The molecule has 1 aromatic carbocycles. The molecule has 2 aromatic heterocycles. The van der Waals surface area contributed by atoms with Crippen LogP contribution in [-0.4, -0.2) is 38.3 Å². The van der Waals surface area contributed by atoms with Crippen LogP contribution in [0.4, 0.5) is 0 Å². The third kappa shape index (κ3) is 5.58. The van der Waals surface area contributed by atoms with Gasteiger partial charge in [-0.15, -0.1) is 0 Å². The summed E-state index contributed by atoms with van der Waals surface area (Å²) in [6, 6.07) is 10.9. The number of aromatic nitrogens is 3. The molecule has 3 rings (SSSR count). The second-order valence-electron chi connectivity index (χ2n) is 7.09. The quantitative estimate of drug-likeness (QED) is 0.256. The summed E-state index contributed by atoms with van der Waals surface area (Å²) in [4.78, 5) is 32.0. The summed E-state index contributed by atoms with van der Waals surface area (Å²) < 4.78 is 2.04. The molecule has 160 valence electrons. The van der Waals surface area contributed by atoms with Crippen LogP contribution in [0.1, 0.15) is 38.7 Å². The van der Waals surface area contributed by atoms with Crippen molar-refractivity contribution < 1.29 is 9.59 Å². The lowest BCUT2D eigenvalue weighted by Crippen LogP contribution is -2.19. The second kappa shape index (κ2) is 9.57. The van der Waals surface area contributed by atoms with Crippen LogP contribution in [0.5, 0.6) is 0 Å². The van der Waals surface area contributed by atoms with Crippen molar-refractivity contribution in [2.75, 3.05) is 5.75 Å². The van der Waals surface area contributed by atoms with Crippen LogP contribution < -0.4 is 11.2 Å². The molecule has 0 radical (unpaired) electrons. The van der Waals surface area contributed by atoms with Crippen molar-refractivity contribution >= 4 is 29.8 Å². The first-order chi connectivity index (χ1) is 14.7. The number of nitrogens with one attached hydrogen (secondary N) is 1. The van der Waals surface area contributed by atoms with Crippen molar-refractivity contribution in [3.8, 4) is 5.69 Å². The molecule has 0 aliphatic carbocycles. The lowest BCUT2D eigenvalue weighted by atomic mass is 10.2. The third-order valence-corrected chi connectivity index (χ3v) is 5.41. The van der Waals surface area contributed by atoms with Gasteiger partial charge in [-0.05, 0) is 64.1 Å². The summed E-state index contributed by atoms with van der Waals surface area (Å²) in [6.45, 7) is 7.73. The van der Waals surface area contributed by atoms with E-state index in [0.29, 0.717) is 10.7 Å². The summed E-state index contributed by atoms with van der Waals surface area (Å²) in [6.07, 6.45) is 1.62. The first-order valence-corrected chi connectivity index (χ1v) is 10.6. The van der Waals surface area contributed by atoms with Crippen molar-refractivity contribution in [3.05, 3.63) is 70.3 Å². The minimum absolute atomic E-state index is 0.172. The van der Waals surface area contributed by atoms with E-state index in [0.717, 1.165) is 34.0 Å². The largest absolute Gasteiger partial charge is 0.366 e. The summed E-state index contributed by atoms with van der Waals surface area (Å²) in [5.41, 5.74) is 13.8. The summed E-state index contributed by atoms with van der Waals surface area (Å²) in [7, 11) is 0. The number of nitrogens with two attached hydrogens (primary N) is 1. The number of hydrazone groups is 1. The minimum atomic E-state index is -0.460. The zero-order chi connectivity index (χ0) is 22.5. The average Bonchev–Trinajstić information content (AvgIpc) is 2.99. The number of carbonyl (C=O) groups is 2. The van der Waals surface area contributed by atoms with E-state index >= 15 is 0 Å². The van der Waals surface area contributed by atoms with E-state index in [4.69, 9.17) is 5.73 Å². The number of rotatable bonds is 7. The highest BCUT2D eigenvalue weighted by molar-refractivity contribution is 7.99. The van der Waals surface area contributed by atoms with Gasteiger partial charge in [-0.2, -0.15) is 5.10 Å². The number of aryl methyl sites for hydroxylation is 3. The molecule has 0 spiro atoms. The molecule has 0 aliphatic heterocycles. The van der Waals surface area contributed by atoms with E-state index in [2.05, 4.69) is 20.5 Å². The van der Waals surface area contributed by atoms with Crippen LogP contribution in [0.25, 0.3) is 5.69 Å². The number of nitrogens with zero attached hydrogens (tertiary/aromatic N) is 4. The second-order valence-corrected chi connectivity index (χ2v) is 8.03. The van der Waals surface area contributed by atoms with Gasteiger partial charge in [0.2, 0.25) is 5.91 Å². The van der Waals surface area contributed by atoms with Gasteiger partial charge in [0.25, 0.3) is 5.91 Å². The molecule has 31 heavy (non-hydrogen) atoms. The fourth-order valence-electron chi connectivity index (χ4n) is 3.18. The molecule has 9 heteroatoms. The fraction of sp³-hybridized carbons (Fsp3) is 0.227. The van der Waals surface area contributed by atoms with Crippen molar-refractivity contribution in [1.29, 1.82) is 0 Å². The third-order valence-electron chi connectivity index (χ3n) is 4.57. The number of amides is 2. The van der Waals surface area contributed by atoms with Crippen LogP contribution in [0.3, 0.4) is 0 Å². The van der Waals surface area contributed by atoms with Gasteiger partial charge in [0, 0.05) is 39.6 Å². The molecule has 2 amide bonds. The highest BCUT2D eigenvalue weighted by Gasteiger charge is 2.11. The summed E-state index contributed by atoms with van der Waals surface area (Å²) in [5.74, 6) is -0.524. The summed E-state index contributed by atoms with van der Waals surface area (Å²) in [5, 5.41) is 4.65. The topological polar surface area (TPSA) is 115 Å². The van der Waals surface area contributed by atoms with E-state index in [1.807, 2.05) is 56.5 Å². The molecule has 0 saturated carbocycles.